The molecule has 0 aromatic rings. The molecule has 1 aliphatic heterocycles. The van der Waals surface area contributed by atoms with Crippen LogP contribution in [-0.2, 0) is 4.74 Å². The van der Waals surface area contributed by atoms with Crippen LogP contribution in [0.5, 0.6) is 0 Å². The van der Waals surface area contributed by atoms with Gasteiger partial charge in [-0.2, -0.15) is 11.8 Å². The summed E-state index contributed by atoms with van der Waals surface area (Å²) in [6, 6.07) is 0. The molecule has 0 saturated heterocycles. The van der Waals surface area contributed by atoms with Crippen LogP contribution in [-0.4, -0.2) is 35.0 Å². The van der Waals surface area contributed by atoms with Crippen LogP contribution in [0.3, 0.4) is 0 Å². The van der Waals surface area contributed by atoms with Gasteiger partial charge in [-0.05, 0) is 11.2 Å². The summed E-state index contributed by atoms with van der Waals surface area (Å²) in [6.45, 7) is 2.60. The van der Waals surface area contributed by atoms with Gasteiger partial charge in [-0.25, -0.2) is 4.79 Å². The van der Waals surface area contributed by atoms with E-state index in [1.165, 1.54) is 0 Å². The minimum atomic E-state index is -0.238. The van der Waals surface area contributed by atoms with Gasteiger partial charge in [0.25, 0.3) is 0 Å². The smallest absolute Gasteiger partial charge is 0.414 e. The van der Waals surface area contributed by atoms with Gasteiger partial charge < -0.3 is 4.74 Å². The van der Waals surface area contributed by atoms with Crippen LogP contribution in [0.15, 0.2) is 11.6 Å². The number of nitrogens with zero attached hydrogens (tertiary/aromatic N) is 1. The van der Waals surface area contributed by atoms with Crippen molar-refractivity contribution in [1.29, 1.82) is 0 Å². The standard InChI is InChI=1S/C8H13NO2S2/c1-2-12-6-4-11-8(10)9-3-5-13-7-9/h3,5H,2,4,6-7H2,1H3. The van der Waals surface area contributed by atoms with Crippen LogP contribution < -0.4 is 0 Å². The third-order valence-corrected chi connectivity index (χ3v) is 3.05. The van der Waals surface area contributed by atoms with E-state index in [0.29, 0.717) is 12.5 Å². The van der Waals surface area contributed by atoms with Crippen LogP contribution in [0.25, 0.3) is 0 Å². The summed E-state index contributed by atoms with van der Waals surface area (Å²) in [4.78, 5) is 12.8. The predicted molar refractivity (Wildman–Crippen MR) is 57.8 cm³/mol. The second-order valence-electron chi connectivity index (χ2n) is 2.36. The molecule has 1 amide bonds. The first-order valence-electron chi connectivity index (χ1n) is 4.14. The van der Waals surface area contributed by atoms with Crippen LogP contribution in [0.2, 0.25) is 0 Å². The Hall–Kier alpha value is -0.290. The van der Waals surface area contributed by atoms with Crippen molar-refractivity contribution in [2.45, 2.75) is 6.92 Å². The summed E-state index contributed by atoms with van der Waals surface area (Å²) in [5.74, 6) is 2.63. The lowest BCUT2D eigenvalue weighted by Gasteiger charge is -2.12. The average molecular weight is 219 g/mol. The van der Waals surface area contributed by atoms with Gasteiger partial charge in [-0.1, -0.05) is 6.92 Å². The molecule has 1 rings (SSSR count). The molecule has 0 aliphatic carbocycles. The van der Waals surface area contributed by atoms with E-state index in [4.69, 9.17) is 4.74 Å². The van der Waals surface area contributed by atoms with Crippen molar-refractivity contribution >= 4 is 29.6 Å². The lowest BCUT2D eigenvalue weighted by molar-refractivity contribution is 0.129. The monoisotopic (exact) mass is 219 g/mol. The zero-order valence-corrected chi connectivity index (χ0v) is 9.20. The van der Waals surface area contributed by atoms with Gasteiger partial charge in [-0.15, -0.1) is 11.8 Å². The first kappa shape index (κ1) is 10.8. The molecule has 0 radical (unpaired) electrons. The third-order valence-electron chi connectivity index (χ3n) is 1.44. The number of thioether (sulfide) groups is 2. The van der Waals surface area contributed by atoms with Crippen LogP contribution in [0, 0.1) is 0 Å². The summed E-state index contributed by atoms with van der Waals surface area (Å²) in [6.07, 6.45) is 1.51. The minimum Gasteiger partial charge on any atom is -0.448 e. The molecule has 13 heavy (non-hydrogen) atoms. The largest absolute Gasteiger partial charge is 0.448 e. The SMILES string of the molecule is CCSCCOC(=O)N1C=CSC1. The molecule has 1 aliphatic rings. The fraction of sp³-hybridized carbons (Fsp3) is 0.625. The van der Waals surface area contributed by atoms with E-state index in [0.717, 1.165) is 11.5 Å². The Bertz CT molecular complexity index is 197. The van der Waals surface area contributed by atoms with E-state index in [9.17, 15) is 4.79 Å². The zero-order valence-electron chi connectivity index (χ0n) is 7.56. The van der Waals surface area contributed by atoms with Crippen molar-refractivity contribution in [3.05, 3.63) is 11.6 Å². The van der Waals surface area contributed by atoms with Crippen molar-refractivity contribution in [3.8, 4) is 0 Å². The van der Waals surface area contributed by atoms with E-state index in [2.05, 4.69) is 6.92 Å². The molecule has 74 valence electrons. The number of ether oxygens (including phenoxy) is 1. The van der Waals surface area contributed by atoms with Gasteiger partial charge in [0.05, 0.1) is 5.88 Å². The van der Waals surface area contributed by atoms with E-state index in [1.54, 1.807) is 34.6 Å². The van der Waals surface area contributed by atoms with Gasteiger partial charge >= 0.3 is 6.09 Å². The lowest BCUT2D eigenvalue weighted by atomic mass is 10.8. The second-order valence-corrected chi connectivity index (χ2v) is 4.62. The summed E-state index contributed by atoms with van der Waals surface area (Å²) < 4.78 is 5.03. The molecule has 0 N–H and O–H groups in total. The van der Waals surface area contributed by atoms with Gasteiger partial charge in [0.2, 0.25) is 0 Å². The van der Waals surface area contributed by atoms with Gasteiger partial charge in [0, 0.05) is 12.0 Å². The molecular formula is C8H13NO2S2. The van der Waals surface area contributed by atoms with Crippen molar-refractivity contribution in [2.75, 3.05) is 24.0 Å². The number of rotatable bonds is 4. The van der Waals surface area contributed by atoms with Crippen molar-refractivity contribution in [1.82, 2.24) is 4.90 Å². The first-order chi connectivity index (χ1) is 6.34. The van der Waals surface area contributed by atoms with Crippen molar-refractivity contribution in [3.63, 3.8) is 0 Å². The normalized spacial score (nSPS) is 15.0. The van der Waals surface area contributed by atoms with Crippen LogP contribution >= 0.6 is 23.5 Å². The number of carbonyl (C=O) groups is 1. The highest BCUT2D eigenvalue weighted by molar-refractivity contribution is 8.02. The summed E-state index contributed by atoms with van der Waals surface area (Å²) in [5.41, 5.74) is 0. The number of hydrogen-bond acceptors (Lipinski definition) is 4. The number of carbonyl (C=O) groups excluding carboxylic acids is 1. The molecule has 0 aromatic carbocycles. The highest BCUT2D eigenvalue weighted by Gasteiger charge is 2.14. The van der Waals surface area contributed by atoms with Crippen LogP contribution in [0.4, 0.5) is 4.79 Å². The molecule has 0 saturated carbocycles. The van der Waals surface area contributed by atoms with E-state index < -0.39 is 0 Å². The molecule has 3 nitrogen and oxygen atoms in total. The number of amides is 1. The molecule has 0 spiro atoms. The maximum Gasteiger partial charge on any atom is 0.414 e. The Morgan fingerprint density at radius 2 is 2.62 bits per heavy atom. The maximum absolute atomic E-state index is 11.2. The molecule has 0 aromatic heterocycles. The van der Waals surface area contributed by atoms with Gasteiger partial charge in [0.1, 0.15) is 6.61 Å². The third kappa shape index (κ3) is 3.95. The van der Waals surface area contributed by atoms with Crippen LogP contribution in [0.1, 0.15) is 6.92 Å². The van der Waals surface area contributed by atoms with Crippen molar-refractivity contribution < 1.29 is 9.53 Å². The molecule has 0 fully saturated rings. The highest BCUT2D eigenvalue weighted by atomic mass is 32.2. The van der Waals surface area contributed by atoms with E-state index >= 15 is 0 Å². The quantitative estimate of drug-likeness (QED) is 0.679. The Kier molecular flexibility index (Phi) is 5.15. The maximum atomic E-state index is 11.2. The highest BCUT2D eigenvalue weighted by Crippen LogP contribution is 2.15. The fourth-order valence-electron chi connectivity index (χ4n) is 0.812. The minimum absolute atomic E-state index is 0.238. The molecule has 0 bridgehead atoms. The van der Waals surface area contributed by atoms with Gasteiger partial charge in [0.15, 0.2) is 0 Å². The summed E-state index contributed by atoms with van der Waals surface area (Å²) in [7, 11) is 0. The Balaban J connectivity index is 2.07. The number of hydrogen-bond donors (Lipinski definition) is 0. The van der Waals surface area contributed by atoms with E-state index in [-0.39, 0.29) is 6.09 Å². The molecular weight excluding hydrogens is 206 g/mol. The molecule has 0 unspecified atom stereocenters. The topological polar surface area (TPSA) is 29.5 Å². The average Bonchev–Trinajstić information content (AvgIpc) is 2.65. The Morgan fingerprint density at radius 3 is 3.23 bits per heavy atom. The summed E-state index contributed by atoms with van der Waals surface area (Å²) in [5, 5.41) is 1.89. The Morgan fingerprint density at radius 1 is 1.77 bits per heavy atom. The molecule has 0 atom stereocenters. The van der Waals surface area contributed by atoms with E-state index in [1.807, 2.05) is 5.41 Å². The predicted octanol–water partition coefficient (Wildman–Crippen LogP) is 2.35. The zero-order chi connectivity index (χ0) is 9.52. The fourth-order valence-corrected chi connectivity index (χ4v) is 1.97. The van der Waals surface area contributed by atoms with Gasteiger partial charge in [-0.3, -0.25) is 4.90 Å². The first-order valence-corrected chi connectivity index (χ1v) is 6.34. The molecule has 1 heterocycles. The van der Waals surface area contributed by atoms with Crippen molar-refractivity contribution in [2.24, 2.45) is 0 Å². The summed E-state index contributed by atoms with van der Waals surface area (Å²) >= 11 is 3.37. The Labute approximate surface area is 86.9 Å². The second kappa shape index (κ2) is 6.21. The molecule has 5 heteroatoms. The lowest BCUT2D eigenvalue weighted by Crippen LogP contribution is -2.24.